The van der Waals surface area contributed by atoms with Gasteiger partial charge in [0.05, 0.1) is 11.3 Å². The molecule has 0 N–H and O–H groups in total. The van der Waals surface area contributed by atoms with Crippen LogP contribution >= 0.6 is 0 Å². The van der Waals surface area contributed by atoms with Crippen molar-refractivity contribution >= 4 is 11.8 Å². The van der Waals surface area contributed by atoms with E-state index in [9.17, 15) is 18.0 Å². The lowest BCUT2D eigenvalue weighted by Crippen LogP contribution is -2.39. The standard InChI is InChI=1S/C15H18F3NO2/c1-14(2,3)21-13(20)19-8-4-5-10-9-11(15(16,17)18)6-7-12(10)19/h6-7,9H,4-5,8H2,1-3H3. The number of carbonyl (C=O) groups is 1. The summed E-state index contributed by atoms with van der Waals surface area (Å²) >= 11 is 0. The maximum Gasteiger partial charge on any atom is 0.416 e. The fraction of sp³-hybridized carbons (Fsp3) is 0.533. The molecule has 1 aromatic rings. The van der Waals surface area contributed by atoms with Gasteiger partial charge < -0.3 is 4.74 Å². The van der Waals surface area contributed by atoms with E-state index in [2.05, 4.69) is 0 Å². The van der Waals surface area contributed by atoms with Crippen molar-refractivity contribution < 1.29 is 22.7 Å². The van der Waals surface area contributed by atoms with E-state index < -0.39 is 23.4 Å². The van der Waals surface area contributed by atoms with Crippen LogP contribution in [0.4, 0.5) is 23.7 Å². The van der Waals surface area contributed by atoms with E-state index >= 15 is 0 Å². The Morgan fingerprint density at radius 3 is 2.48 bits per heavy atom. The predicted molar refractivity (Wildman–Crippen MR) is 73.3 cm³/mol. The van der Waals surface area contributed by atoms with Crippen LogP contribution in [0.5, 0.6) is 0 Å². The Morgan fingerprint density at radius 1 is 1.24 bits per heavy atom. The van der Waals surface area contributed by atoms with Gasteiger partial charge in [0.15, 0.2) is 0 Å². The molecule has 21 heavy (non-hydrogen) atoms. The summed E-state index contributed by atoms with van der Waals surface area (Å²) in [4.78, 5) is 13.5. The molecule has 6 heteroatoms. The molecule has 2 rings (SSSR count). The van der Waals surface area contributed by atoms with Gasteiger partial charge in [0.25, 0.3) is 0 Å². The van der Waals surface area contributed by atoms with Gasteiger partial charge in [0.1, 0.15) is 5.60 Å². The minimum Gasteiger partial charge on any atom is -0.443 e. The van der Waals surface area contributed by atoms with Crippen molar-refractivity contribution in [2.24, 2.45) is 0 Å². The van der Waals surface area contributed by atoms with Crippen LogP contribution in [0.3, 0.4) is 0 Å². The largest absolute Gasteiger partial charge is 0.443 e. The third-order valence-electron chi connectivity index (χ3n) is 3.14. The molecule has 1 aliphatic heterocycles. The fourth-order valence-electron chi connectivity index (χ4n) is 2.28. The summed E-state index contributed by atoms with van der Waals surface area (Å²) < 4.78 is 43.5. The van der Waals surface area contributed by atoms with Crippen LogP contribution in [0.15, 0.2) is 18.2 Å². The SMILES string of the molecule is CC(C)(C)OC(=O)N1CCCc2cc(C(F)(F)F)ccc21. The van der Waals surface area contributed by atoms with Crippen molar-refractivity contribution in [2.45, 2.75) is 45.4 Å². The topological polar surface area (TPSA) is 29.5 Å². The Bertz CT molecular complexity index is 547. The average molecular weight is 301 g/mol. The smallest absolute Gasteiger partial charge is 0.416 e. The van der Waals surface area contributed by atoms with Gasteiger partial charge in [-0.15, -0.1) is 0 Å². The molecule has 1 heterocycles. The highest BCUT2D eigenvalue weighted by Crippen LogP contribution is 2.35. The van der Waals surface area contributed by atoms with Gasteiger partial charge in [0.2, 0.25) is 0 Å². The number of hydrogen-bond acceptors (Lipinski definition) is 2. The predicted octanol–water partition coefficient (Wildman–Crippen LogP) is 4.39. The molecule has 0 saturated heterocycles. The van der Waals surface area contributed by atoms with Crippen LogP contribution in [0.2, 0.25) is 0 Å². The highest BCUT2D eigenvalue weighted by atomic mass is 19.4. The second-order valence-electron chi connectivity index (χ2n) is 6.08. The van der Waals surface area contributed by atoms with Gasteiger partial charge in [-0.25, -0.2) is 4.79 Å². The minimum atomic E-state index is -4.37. The first-order valence-corrected chi connectivity index (χ1v) is 6.78. The number of amides is 1. The quantitative estimate of drug-likeness (QED) is 0.711. The second kappa shape index (κ2) is 5.24. The minimum absolute atomic E-state index is 0.452. The van der Waals surface area contributed by atoms with Crippen LogP contribution in [-0.4, -0.2) is 18.2 Å². The molecule has 0 unspecified atom stereocenters. The van der Waals surface area contributed by atoms with Crippen LogP contribution in [0.1, 0.15) is 38.3 Å². The van der Waals surface area contributed by atoms with Gasteiger partial charge in [-0.05, 0) is 57.4 Å². The summed E-state index contributed by atoms with van der Waals surface area (Å²) in [6, 6.07) is 3.47. The number of carbonyl (C=O) groups excluding carboxylic acids is 1. The molecule has 0 fully saturated rings. The van der Waals surface area contributed by atoms with Gasteiger partial charge in [-0.1, -0.05) is 0 Å². The van der Waals surface area contributed by atoms with Gasteiger partial charge in [-0.3, -0.25) is 4.90 Å². The number of anilines is 1. The van der Waals surface area contributed by atoms with Gasteiger partial charge in [0, 0.05) is 6.54 Å². The molecule has 1 aliphatic rings. The van der Waals surface area contributed by atoms with E-state index in [-0.39, 0.29) is 0 Å². The normalized spacial score (nSPS) is 15.6. The van der Waals surface area contributed by atoms with Crippen molar-refractivity contribution in [3.8, 4) is 0 Å². The monoisotopic (exact) mass is 301 g/mol. The molecule has 0 bridgehead atoms. The van der Waals surface area contributed by atoms with Crippen molar-refractivity contribution in [3.63, 3.8) is 0 Å². The molecule has 116 valence electrons. The van der Waals surface area contributed by atoms with E-state index in [1.165, 1.54) is 11.0 Å². The molecule has 1 aromatic carbocycles. The number of ether oxygens (including phenoxy) is 1. The number of alkyl halides is 3. The molecule has 3 nitrogen and oxygen atoms in total. The Balaban J connectivity index is 2.30. The number of aryl methyl sites for hydroxylation is 1. The van der Waals surface area contributed by atoms with Gasteiger partial charge in [-0.2, -0.15) is 13.2 Å². The van der Waals surface area contributed by atoms with Crippen LogP contribution in [0, 0.1) is 0 Å². The Labute approximate surface area is 121 Å². The fourth-order valence-corrected chi connectivity index (χ4v) is 2.28. The summed E-state index contributed by atoms with van der Waals surface area (Å²) in [6.07, 6.45) is -3.75. The number of fused-ring (bicyclic) bond motifs is 1. The molecule has 0 saturated carbocycles. The van der Waals surface area contributed by atoms with E-state index in [1.54, 1.807) is 20.8 Å². The number of hydrogen-bond donors (Lipinski definition) is 0. The van der Waals surface area contributed by atoms with E-state index in [1.807, 2.05) is 0 Å². The molecule has 0 radical (unpaired) electrons. The number of benzene rings is 1. The molecule has 0 aromatic heterocycles. The second-order valence-corrected chi connectivity index (χ2v) is 6.08. The van der Waals surface area contributed by atoms with Crippen molar-refractivity contribution in [1.82, 2.24) is 0 Å². The van der Waals surface area contributed by atoms with Crippen molar-refractivity contribution in [1.29, 1.82) is 0 Å². The Morgan fingerprint density at radius 2 is 1.90 bits per heavy atom. The summed E-state index contributed by atoms with van der Waals surface area (Å²) in [6.45, 7) is 5.71. The highest BCUT2D eigenvalue weighted by Gasteiger charge is 2.33. The summed E-state index contributed by atoms with van der Waals surface area (Å²) in [7, 11) is 0. The molecule has 0 atom stereocenters. The first-order chi connectivity index (χ1) is 9.58. The lowest BCUT2D eigenvalue weighted by molar-refractivity contribution is -0.137. The van der Waals surface area contributed by atoms with E-state index in [4.69, 9.17) is 4.74 Å². The first kappa shape index (κ1) is 15.7. The lowest BCUT2D eigenvalue weighted by atomic mass is 9.99. The maximum absolute atomic E-state index is 12.7. The lowest BCUT2D eigenvalue weighted by Gasteiger charge is -2.32. The van der Waals surface area contributed by atoms with Crippen molar-refractivity contribution in [2.75, 3.05) is 11.4 Å². The van der Waals surface area contributed by atoms with Crippen LogP contribution < -0.4 is 4.90 Å². The Kier molecular flexibility index (Phi) is 3.91. The first-order valence-electron chi connectivity index (χ1n) is 6.78. The zero-order valence-corrected chi connectivity index (χ0v) is 12.3. The van der Waals surface area contributed by atoms with Crippen LogP contribution in [0.25, 0.3) is 0 Å². The van der Waals surface area contributed by atoms with Crippen LogP contribution in [-0.2, 0) is 17.3 Å². The average Bonchev–Trinajstić information content (AvgIpc) is 2.34. The zero-order chi connectivity index (χ0) is 15.8. The van der Waals surface area contributed by atoms with E-state index in [0.29, 0.717) is 30.6 Å². The zero-order valence-electron chi connectivity index (χ0n) is 12.3. The summed E-state index contributed by atoms with van der Waals surface area (Å²) in [5.41, 5.74) is -0.293. The summed E-state index contributed by atoms with van der Waals surface area (Å²) in [5.74, 6) is 0. The van der Waals surface area contributed by atoms with E-state index in [0.717, 1.165) is 12.1 Å². The molecule has 0 spiro atoms. The molecular formula is C15H18F3NO2. The van der Waals surface area contributed by atoms with Gasteiger partial charge >= 0.3 is 12.3 Å². The third kappa shape index (κ3) is 3.68. The Hall–Kier alpha value is -1.72. The molecule has 0 aliphatic carbocycles. The maximum atomic E-state index is 12.7. The number of rotatable bonds is 0. The molecule has 1 amide bonds. The third-order valence-corrected chi connectivity index (χ3v) is 3.14. The number of halogens is 3. The van der Waals surface area contributed by atoms with Crippen molar-refractivity contribution in [3.05, 3.63) is 29.3 Å². The molecular weight excluding hydrogens is 283 g/mol. The summed E-state index contributed by atoms with van der Waals surface area (Å²) in [5, 5.41) is 0. The number of nitrogens with zero attached hydrogens (tertiary/aromatic N) is 1. The highest BCUT2D eigenvalue weighted by molar-refractivity contribution is 5.89.